The highest BCUT2D eigenvalue weighted by atomic mass is 15.3. The first-order valence-corrected chi connectivity index (χ1v) is 8.40. The van der Waals surface area contributed by atoms with Crippen molar-refractivity contribution in [2.24, 2.45) is 5.73 Å². The first-order chi connectivity index (χ1) is 9.55. The lowest BCUT2D eigenvalue weighted by atomic mass is 9.82. The zero-order valence-electron chi connectivity index (χ0n) is 13.9. The van der Waals surface area contributed by atoms with Crippen molar-refractivity contribution in [1.29, 1.82) is 0 Å². The van der Waals surface area contributed by atoms with Crippen molar-refractivity contribution in [3.63, 3.8) is 0 Å². The fraction of sp³-hybridized carbons (Fsp3) is 1.00. The van der Waals surface area contributed by atoms with E-state index in [4.69, 9.17) is 5.73 Å². The van der Waals surface area contributed by atoms with Gasteiger partial charge in [0.2, 0.25) is 0 Å². The molecule has 3 atom stereocenters. The number of fused-ring (bicyclic) bond motifs is 1. The van der Waals surface area contributed by atoms with Crippen LogP contribution in [0.25, 0.3) is 0 Å². The van der Waals surface area contributed by atoms with Gasteiger partial charge in [-0.15, -0.1) is 0 Å². The van der Waals surface area contributed by atoms with Crippen molar-refractivity contribution < 1.29 is 0 Å². The van der Waals surface area contributed by atoms with Crippen LogP contribution >= 0.6 is 0 Å². The van der Waals surface area contributed by atoms with E-state index in [1.54, 1.807) is 0 Å². The Labute approximate surface area is 125 Å². The summed E-state index contributed by atoms with van der Waals surface area (Å²) in [5.41, 5.74) is 6.55. The maximum Gasteiger partial charge on any atom is 0.0501 e. The summed E-state index contributed by atoms with van der Waals surface area (Å²) in [4.78, 5) is 7.72. The Balaban J connectivity index is 2.19. The van der Waals surface area contributed by atoms with Crippen LogP contribution in [0.15, 0.2) is 0 Å². The summed E-state index contributed by atoms with van der Waals surface area (Å²) < 4.78 is 0. The Kier molecular flexibility index (Phi) is 5.46. The third-order valence-electron chi connectivity index (χ3n) is 5.49. The highest BCUT2D eigenvalue weighted by Gasteiger charge is 2.51. The van der Waals surface area contributed by atoms with E-state index in [0.29, 0.717) is 12.1 Å². The molecule has 20 heavy (non-hydrogen) atoms. The number of piperidine rings is 1. The van der Waals surface area contributed by atoms with Gasteiger partial charge < -0.3 is 10.6 Å². The zero-order valence-corrected chi connectivity index (χ0v) is 13.9. The van der Waals surface area contributed by atoms with E-state index in [-0.39, 0.29) is 5.54 Å². The van der Waals surface area contributed by atoms with Gasteiger partial charge in [-0.3, -0.25) is 9.80 Å². The van der Waals surface area contributed by atoms with Crippen LogP contribution in [0.3, 0.4) is 0 Å². The van der Waals surface area contributed by atoms with Gasteiger partial charge in [-0.2, -0.15) is 0 Å². The second-order valence-electron chi connectivity index (χ2n) is 7.00. The molecular formula is C16H34N4. The minimum Gasteiger partial charge on any atom is -0.329 e. The summed E-state index contributed by atoms with van der Waals surface area (Å²) in [6.45, 7) is 10.2. The average Bonchev–Trinajstić information content (AvgIpc) is 2.79. The Morgan fingerprint density at radius 2 is 2.05 bits per heavy atom. The molecule has 2 aliphatic rings. The van der Waals surface area contributed by atoms with Gasteiger partial charge in [0.25, 0.3) is 0 Å². The van der Waals surface area contributed by atoms with E-state index in [0.717, 1.165) is 19.6 Å². The van der Waals surface area contributed by atoms with Crippen molar-refractivity contribution in [3.8, 4) is 0 Å². The third-order valence-corrected chi connectivity index (χ3v) is 5.49. The second kappa shape index (κ2) is 6.73. The van der Waals surface area contributed by atoms with Gasteiger partial charge >= 0.3 is 0 Å². The molecule has 0 radical (unpaired) electrons. The van der Waals surface area contributed by atoms with Crippen LogP contribution in [0.2, 0.25) is 0 Å². The van der Waals surface area contributed by atoms with Crippen LogP contribution in [-0.2, 0) is 0 Å². The first-order valence-electron chi connectivity index (χ1n) is 8.40. The van der Waals surface area contributed by atoms with Gasteiger partial charge in [0.1, 0.15) is 0 Å². The van der Waals surface area contributed by atoms with Crippen molar-refractivity contribution in [1.82, 2.24) is 14.7 Å². The van der Waals surface area contributed by atoms with Crippen LogP contribution < -0.4 is 5.73 Å². The second-order valence-corrected chi connectivity index (χ2v) is 7.00. The van der Waals surface area contributed by atoms with E-state index < -0.39 is 0 Å². The molecule has 2 rings (SSSR count). The lowest BCUT2D eigenvalue weighted by Gasteiger charge is -2.50. The van der Waals surface area contributed by atoms with E-state index in [9.17, 15) is 0 Å². The Hall–Kier alpha value is -0.160. The number of hydrogen-bond acceptors (Lipinski definition) is 4. The van der Waals surface area contributed by atoms with Crippen LogP contribution in [0.4, 0.5) is 0 Å². The molecule has 4 nitrogen and oxygen atoms in total. The summed E-state index contributed by atoms with van der Waals surface area (Å²) in [5.74, 6) is 0. The van der Waals surface area contributed by atoms with E-state index in [2.05, 4.69) is 42.6 Å². The van der Waals surface area contributed by atoms with Crippen molar-refractivity contribution >= 4 is 0 Å². The summed E-state index contributed by atoms with van der Waals surface area (Å²) in [5, 5.41) is 0. The van der Waals surface area contributed by atoms with Crippen molar-refractivity contribution in [3.05, 3.63) is 0 Å². The lowest BCUT2D eigenvalue weighted by Crippen LogP contribution is -2.64. The van der Waals surface area contributed by atoms with E-state index in [1.165, 1.54) is 38.8 Å². The molecule has 0 aromatic rings. The van der Waals surface area contributed by atoms with Gasteiger partial charge in [-0.1, -0.05) is 13.3 Å². The molecule has 0 bridgehead atoms. The quantitative estimate of drug-likeness (QED) is 0.794. The number of rotatable bonds is 6. The lowest BCUT2D eigenvalue weighted by molar-refractivity contribution is 0.00819. The van der Waals surface area contributed by atoms with Gasteiger partial charge in [-0.25, -0.2) is 0 Å². The number of nitrogens with two attached hydrogens (primary N) is 1. The van der Waals surface area contributed by atoms with Crippen LogP contribution in [0.5, 0.6) is 0 Å². The molecule has 118 valence electrons. The smallest absolute Gasteiger partial charge is 0.0501 e. The van der Waals surface area contributed by atoms with Crippen LogP contribution in [-0.4, -0.2) is 79.1 Å². The van der Waals surface area contributed by atoms with Gasteiger partial charge in [0, 0.05) is 31.7 Å². The third kappa shape index (κ3) is 2.89. The Morgan fingerprint density at radius 1 is 1.30 bits per heavy atom. The predicted octanol–water partition coefficient (Wildman–Crippen LogP) is 1.21. The van der Waals surface area contributed by atoms with Crippen LogP contribution in [0, 0.1) is 0 Å². The maximum atomic E-state index is 6.34. The molecule has 0 aromatic carbocycles. The predicted molar refractivity (Wildman–Crippen MR) is 86.0 cm³/mol. The molecular weight excluding hydrogens is 248 g/mol. The molecule has 0 amide bonds. The number of hydrogen-bond donors (Lipinski definition) is 1. The fourth-order valence-electron chi connectivity index (χ4n) is 4.75. The average molecular weight is 282 g/mol. The topological polar surface area (TPSA) is 35.7 Å². The largest absolute Gasteiger partial charge is 0.329 e. The summed E-state index contributed by atoms with van der Waals surface area (Å²) >= 11 is 0. The number of likely N-dealkylation sites (N-methyl/N-ethyl adjacent to an activating group) is 2. The zero-order chi connectivity index (χ0) is 14.8. The van der Waals surface area contributed by atoms with Gasteiger partial charge in [0.15, 0.2) is 0 Å². The summed E-state index contributed by atoms with van der Waals surface area (Å²) in [7, 11) is 4.34. The highest BCUT2D eigenvalue weighted by molar-refractivity contribution is 5.09. The molecule has 0 aromatic heterocycles. The molecule has 2 fully saturated rings. The van der Waals surface area contributed by atoms with Gasteiger partial charge in [0.05, 0.1) is 5.54 Å². The van der Waals surface area contributed by atoms with Crippen LogP contribution in [0.1, 0.15) is 39.5 Å². The monoisotopic (exact) mass is 282 g/mol. The molecule has 2 heterocycles. The standard InChI is InChI=1S/C16H34N4/c1-5-20(14(2)12-18(3)4)16(13-17)9-11-19-10-7-6-8-15(16)19/h14-15H,5-13,17H2,1-4H3. The molecule has 0 aliphatic carbocycles. The van der Waals surface area contributed by atoms with E-state index >= 15 is 0 Å². The highest BCUT2D eigenvalue weighted by Crippen LogP contribution is 2.39. The SMILES string of the molecule is CCN(C(C)CN(C)C)C1(CN)CCN2CCCCC21. The Morgan fingerprint density at radius 3 is 2.65 bits per heavy atom. The van der Waals surface area contributed by atoms with Gasteiger partial charge in [-0.05, 0) is 53.4 Å². The molecule has 0 spiro atoms. The first kappa shape index (κ1) is 16.2. The normalized spacial score (nSPS) is 32.9. The van der Waals surface area contributed by atoms with Crippen molar-refractivity contribution in [2.45, 2.75) is 57.2 Å². The minimum atomic E-state index is 0.213. The molecule has 2 aliphatic heterocycles. The molecule has 2 N–H and O–H groups in total. The molecule has 0 saturated carbocycles. The molecule has 4 heteroatoms. The molecule has 3 unspecified atom stereocenters. The summed E-state index contributed by atoms with van der Waals surface area (Å²) in [6.07, 6.45) is 5.33. The summed E-state index contributed by atoms with van der Waals surface area (Å²) in [6, 6.07) is 1.26. The number of nitrogens with zero attached hydrogens (tertiary/aromatic N) is 3. The maximum absolute atomic E-state index is 6.34. The minimum absolute atomic E-state index is 0.213. The molecule has 2 saturated heterocycles. The Bertz CT molecular complexity index is 307. The van der Waals surface area contributed by atoms with E-state index in [1.807, 2.05) is 0 Å². The van der Waals surface area contributed by atoms with Crippen molar-refractivity contribution in [2.75, 3.05) is 46.8 Å². The fourth-order valence-corrected chi connectivity index (χ4v) is 4.75.